The SMILES string of the molecule is CC[C@H](C)C(=O)CCCC(C)C. The van der Waals surface area contributed by atoms with E-state index in [1.807, 2.05) is 6.92 Å². The predicted octanol–water partition coefficient (Wildman–Crippen LogP) is 3.43. The van der Waals surface area contributed by atoms with Crippen molar-refractivity contribution in [3.63, 3.8) is 0 Å². The van der Waals surface area contributed by atoms with E-state index in [0.717, 1.165) is 25.2 Å². The molecule has 0 aromatic carbocycles. The Labute approximate surface area is 76.6 Å². The Kier molecular flexibility index (Phi) is 6.04. The molecule has 1 nitrogen and oxygen atoms in total. The van der Waals surface area contributed by atoms with Crippen molar-refractivity contribution in [3.05, 3.63) is 0 Å². The monoisotopic (exact) mass is 170 g/mol. The summed E-state index contributed by atoms with van der Waals surface area (Å²) in [5.41, 5.74) is 0. The van der Waals surface area contributed by atoms with Crippen LogP contribution in [0.5, 0.6) is 0 Å². The van der Waals surface area contributed by atoms with Crippen molar-refractivity contribution in [2.75, 3.05) is 0 Å². The lowest BCUT2D eigenvalue weighted by atomic mass is 9.97. The van der Waals surface area contributed by atoms with Crippen LogP contribution in [0.2, 0.25) is 0 Å². The summed E-state index contributed by atoms with van der Waals surface area (Å²) in [7, 11) is 0. The van der Waals surface area contributed by atoms with Gasteiger partial charge < -0.3 is 0 Å². The zero-order valence-electron chi connectivity index (χ0n) is 8.89. The molecule has 0 unspecified atom stereocenters. The van der Waals surface area contributed by atoms with E-state index in [-0.39, 0.29) is 5.92 Å². The Bertz CT molecular complexity index is 127. The smallest absolute Gasteiger partial charge is 0.135 e. The van der Waals surface area contributed by atoms with Crippen LogP contribution >= 0.6 is 0 Å². The van der Waals surface area contributed by atoms with Crippen LogP contribution in [0.25, 0.3) is 0 Å². The normalized spacial score (nSPS) is 13.4. The first-order valence-corrected chi connectivity index (χ1v) is 5.10. The van der Waals surface area contributed by atoms with E-state index >= 15 is 0 Å². The minimum Gasteiger partial charge on any atom is -0.299 e. The van der Waals surface area contributed by atoms with Crippen LogP contribution in [0.4, 0.5) is 0 Å². The molecule has 0 aromatic heterocycles. The third kappa shape index (κ3) is 5.34. The van der Waals surface area contributed by atoms with Gasteiger partial charge in [0, 0.05) is 12.3 Å². The number of carbonyl (C=O) groups excluding carboxylic acids is 1. The fourth-order valence-electron chi connectivity index (χ4n) is 1.16. The maximum atomic E-state index is 11.4. The molecule has 0 fully saturated rings. The van der Waals surface area contributed by atoms with Gasteiger partial charge in [-0.15, -0.1) is 0 Å². The van der Waals surface area contributed by atoms with Gasteiger partial charge in [0.25, 0.3) is 0 Å². The van der Waals surface area contributed by atoms with Gasteiger partial charge in [-0.05, 0) is 18.8 Å². The van der Waals surface area contributed by atoms with Crippen molar-refractivity contribution in [1.82, 2.24) is 0 Å². The molecule has 0 saturated carbocycles. The number of rotatable bonds is 6. The first-order valence-electron chi connectivity index (χ1n) is 5.10. The van der Waals surface area contributed by atoms with Gasteiger partial charge >= 0.3 is 0 Å². The summed E-state index contributed by atoms with van der Waals surface area (Å²) < 4.78 is 0. The minimum atomic E-state index is 0.275. The first-order chi connectivity index (χ1) is 5.57. The lowest BCUT2D eigenvalue weighted by molar-refractivity contribution is -0.122. The molecule has 0 heterocycles. The second-order valence-electron chi connectivity index (χ2n) is 4.06. The fraction of sp³-hybridized carbons (Fsp3) is 0.909. The topological polar surface area (TPSA) is 17.1 Å². The lowest BCUT2D eigenvalue weighted by Crippen LogP contribution is -2.09. The molecule has 0 aliphatic rings. The molecule has 0 saturated heterocycles. The van der Waals surface area contributed by atoms with Crippen LogP contribution in [0.3, 0.4) is 0 Å². The summed E-state index contributed by atoms with van der Waals surface area (Å²) in [5.74, 6) is 1.45. The van der Waals surface area contributed by atoms with Gasteiger partial charge in [-0.1, -0.05) is 34.1 Å². The van der Waals surface area contributed by atoms with E-state index < -0.39 is 0 Å². The van der Waals surface area contributed by atoms with E-state index in [9.17, 15) is 4.79 Å². The highest BCUT2D eigenvalue weighted by atomic mass is 16.1. The molecule has 0 aliphatic carbocycles. The lowest BCUT2D eigenvalue weighted by Gasteiger charge is -2.07. The Balaban J connectivity index is 3.44. The highest BCUT2D eigenvalue weighted by Gasteiger charge is 2.09. The zero-order chi connectivity index (χ0) is 9.56. The van der Waals surface area contributed by atoms with E-state index in [4.69, 9.17) is 0 Å². The third-order valence-corrected chi connectivity index (χ3v) is 2.37. The standard InChI is InChI=1S/C11H22O/c1-5-10(4)11(12)8-6-7-9(2)3/h9-10H,5-8H2,1-4H3/t10-/m0/s1. The summed E-state index contributed by atoms with van der Waals surface area (Å²) in [6, 6.07) is 0. The third-order valence-electron chi connectivity index (χ3n) is 2.37. The number of carbonyl (C=O) groups is 1. The van der Waals surface area contributed by atoms with Gasteiger partial charge in [0.2, 0.25) is 0 Å². The van der Waals surface area contributed by atoms with Gasteiger partial charge in [-0.25, -0.2) is 0 Å². The summed E-state index contributed by atoms with van der Waals surface area (Å²) in [5, 5.41) is 0. The average Bonchev–Trinajstić information content (AvgIpc) is 2.02. The molecule has 1 heteroatoms. The van der Waals surface area contributed by atoms with Crippen LogP contribution in [0.1, 0.15) is 53.4 Å². The van der Waals surface area contributed by atoms with Crippen molar-refractivity contribution in [3.8, 4) is 0 Å². The van der Waals surface area contributed by atoms with Crippen LogP contribution in [-0.2, 0) is 4.79 Å². The molecule has 12 heavy (non-hydrogen) atoms. The summed E-state index contributed by atoms with van der Waals surface area (Å²) >= 11 is 0. The Hall–Kier alpha value is -0.330. The largest absolute Gasteiger partial charge is 0.299 e. The number of ketones is 1. The van der Waals surface area contributed by atoms with E-state index in [1.165, 1.54) is 6.42 Å². The van der Waals surface area contributed by atoms with Crippen molar-refractivity contribution in [2.45, 2.75) is 53.4 Å². The molecule has 0 bridgehead atoms. The molecule has 0 aliphatic heterocycles. The van der Waals surface area contributed by atoms with Gasteiger partial charge in [0.1, 0.15) is 5.78 Å². The van der Waals surface area contributed by atoms with E-state index in [0.29, 0.717) is 5.78 Å². The molecule has 1 atom stereocenters. The molecular weight excluding hydrogens is 148 g/mol. The zero-order valence-corrected chi connectivity index (χ0v) is 8.89. The Morgan fingerprint density at radius 2 is 1.83 bits per heavy atom. The molecule has 0 spiro atoms. The molecule has 72 valence electrons. The molecule has 0 aromatic rings. The van der Waals surface area contributed by atoms with E-state index in [1.54, 1.807) is 0 Å². The molecule has 0 rings (SSSR count). The number of Topliss-reactive ketones (excluding diaryl/α,β-unsaturated/α-hetero) is 1. The molecule has 0 amide bonds. The average molecular weight is 170 g/mol. The van der Waals surface area contributed by atoms with Gasteiger partial charge in [0.05, 0.1) is 0 Å². The van der Waals surface area contributed by atoms with Gasteiger partial charge in [-0.2, -0.15) is 0 Å². The quantitative estimate of drug-likeness (QED) is 0.597. The summed E-state index contributed by atoms with van der Waals surface area (Å²) in [6.07, 6.45) is 4.02. The number of hydrogen-bond donors (Lipinski definition) is 0. The molecule has 0 N–H and O–H groups in total. The Morgan fingerprint density at radius 1 is 1.25 bits per heavy atom. The summed E-state index contributed by atoms with van der Waals surface area (Å²) in [6.45, 7) is 8.50. The van der Waals surface area contributed by atoms with Crippen molar-refractivity contribution in [1.29, 1.82) is 0 Å². The van der Waals surface area contributed by atoms with Crippen LogP contribution in [-0.4, -0.2) is 5.78 Å². The first kappa shape index (κ1) is 11.7. The summed E-state index contributed by atoms with van der Waals surface area (Å²) in [4.78, 5) is 11.4. The van der Waals surface area contributed by atoms with Crippen molar-refractivity contribution >= 4 is 5.78 Å². The maximum absolute atomic E-state index is 11.4. The van der Waals surface area contributed by atoms with Crippen LogP contribution in [0, 0.1) is 11.8 Å². The van der Waals surface area contributed by atoms with Gasteiger partial charge in [-0.3, -0.25) is 4.79 Å². The minimum absolute atomic E-state index is 0.275. The second-order valence-corrected chi connectivity index (χ2v) is 4.06. The van der Waals surface area contributed by atoms with Crippen LogP contribution < -0.4 is 0 Å². The van der Waals surface area contributed by atoms with Crippen molar-refractivity contribution < 1.29 is 4.79 Å². The van der Waals surface area contributed by atoms with E-state index in [2.05, 4.69) is 20.8 Å². The molecular formula is C11H22O. The highest BCUT2D eigenvalue weighted by molar-refractivity contribution is 5.80. The molecule has 0 radical (unpaired) electrons. The highest BCUT2D eigenvalue weighted by Crippen LogP contribution is 2.11. The number of hydrogen-bond acceptors (Lipinski definition) is 1. The van der Waals surface area contributed by atoms with Gasteiger partial charge in [0.15, 0.2) is 0 Å². The fourth-order valence-corrected chi connectivity index (χ4v) is 1.16. The van der Waals surface area contributed by atoms with Crippen molar-refractivity contribution in [2.24, 2.45) is 11.8 Å². The maximum Gasteiger partial charge on any atom is 0.135 e. The second kappa shape index (κ2) is 6.22. The Morgan fingerprint density at radius 3 is 2.25 bits per heavy atom. The van der Waals surface area contributed by atoms with Crippen LogP contribution in [0.15, 0.2) is 0 Å². The predicted molar refractivity (Wildman–Crippen MR) is 53.2 cm³/mol.